The van der Waals surface area contributed by atoms with Crippen LogP contribution >= 0.6 is 28.6 Å². The first-order valence-corrected chi connectivity index (χ1v) is 6.24. The lowest BCUT2D eigenvalue weighted by Gasteiger charge is -1.93. The van der Waals surface area contributed by atoms with Crippen molar-refractivity contribution in [2.75, 3.05) is 0 Å². The van der Waals surface area contributed by atoms with Crippen LogP contribution in [0.2, 0.25) is 0 Å². The van der Waals surface area contributed by atoms with E-state index in [9.17, 15) is 4.57 Å². The van der Waals surface area contributed by atoms with Crippen LogP contribution in [0.3, 0.4) is 0 Å². The summed E-state index contributed by atoms with van der Waals surface area (Å²) in [7, 11) is 0. The number of rotatable bonds is 2. The fourth-order valence-corrected chi connectivity index (χ4v) is 0.204. The number of hydrogen-bond acceptors (Lipinski definition) is 2. The molecular weight excluding hydrogens is 222 g/mol. The Labute approximate surface area is 81.0 Å². The topological polar surface area (TPSA) is 57.5 Å². The van der Waals surface area contributed by atoms with Crippen molar-refractivity contribution in [3.05, 3.63) is 12.7 Å². The molecule has 1 atom stereocenters. The Morgan fingerprint density at radius 2 is 2.08 bits per heavy atom. The Hall–Kier alpha value is 0.0300. The van der Waals surface area contributed by atoms with E-state index in [4.69, 9.17) is 16.4 Å². The molecule has 2 N–H and O–H groups in total. The summed E-state index contributed by atoms with van der Waals surface area (Å²) in [6.45, 7) is 3.33. The summed E-state index contributed by atoms with van der Waals surface area (Å²) >= 11 is 8.81. The standard InChI is InChI=1S/C6H8O.Cl2HO2P/c1-3-5-6(7)4-2;1-5(2,3)4/h1,4,6-7H,2,5H2;(H,3,4). The second kappa shape index (κ2) is 7.67. The fourth-order valence-electron chi connectivity index (χ4n) is 0.204. The van der Waals surface area contributed by atoms with Crippen molar-refractivity contribution in [3.63, 3.8) is 0 Å². The molecule has 0 fully saturated rings. The van der Waals surface area contributed by atoms with Crippen LogP contribution < -0.4 is 0 Å². The van der Waals surface area contributed by atoms with Crippen LogP contribution in [0.1, 0.15) is 6.42 Å². The number of terminal acetylenes is 1. The molecule has 0 heterocycles. The van der Waals surface area contributed by atoms with Crippen molar-refractivity contribution in [2.45, 2.75) is 12.5 Å². The van der Waals surface area contributed by atoms with Gasteiger partial charge in [-0.15, -0.1) is 18.9 Å². The van der Waals surface area contributed by atoms with Crippen molar-refractivity contribution in [1.29, 1.82) is 0 Å². The van der Waals surface area contributed by atoms with Gasteiger partial charge in [-0.25, -0.2) is 0 Å². The van der Waals surface area contributed by atoms with Gasteiger partial charge in [-0.2, -0.15) is 0 Å². The third kappa shape index (κ3) is 32.3. The van der Waals surface area contributed by atoms with Gasteiger partial charge in [0, 0.05) is 6.42 Å². The molecule has 12 heavy (non-hydrogen) atoms. The molecule has 0 aromatic carbocycles. The summed E-state index contributed by atoms with van der Waals surface area (Å²) in [5.74, 6) is 2.30. The Morgan fingerprint density at radius 3 is 2.17 bits per heavy atom. The average molecular weight is 231 g/mol. The van der Waals surface area contributed by atoms with Gasteiger partial charge in [0.05, 0.1) is 6.10 Å². The Morgan fingerprint density at radius 1 is 1.75 bits per heavy atom. The van der Waals surface area contributed by atoms with Crippen LogP contribution in [0.5, 0.6) is 0 Å². The summed E-state index contributed by atoms with van der Waals surface area (Å²) in [6.07, 6.45) is 2.41. The fraction of sp³-hybridized carbons (Fsp3) is 0.333. The van der Waals surface area contributed by atoms with Gasteiger partial charge in [-0.3, -0.25) is 4.57 Å². The SMILES string of the molecule is C#CCC(O)C=C.O=P(O)(Cl)Cl. The van der Waals surface area contributed by atoms with Crippen LogP contribution in [-0.2, 0) is 4.57 Å². The van der Waals surface area contributed by atoms with Crippen LogP contribution in [-0.4, -0.2) is 16.1 Å². The molecule has 0 saturated heterocycles. The first-order valence-electron chi connectivity index (χ1n) is 2.77. The van der Waals surface area contributed by atoms with Gasteiger partial charge in [0.1, 0.15) is 0 Å². The van der Waals surface area contributed by atoms with Gasteiger partial charge in [0.15, 0.2) is 0 Å². The molecule has 1 unspecified atom stereocenters. The highest BCUT2D eigenvalue weighted by molar-refractivity contribution is 8.04. The Bertz CT molecular complexity index is 197. The summed E-state index contributed by atoms with van der Waals surface area (Å²) in [5, 5.41) is 8.60. The molecule has 3 nitrogen and oxygen atoms in total. The van der Waals surface area contributed by atoms with Crippen molar-refractivity contribution in [3.8, 4) is 12.3 Å². The van der Waals surface area contributed by atoms with Gasteiger partial charge in [-0.1, -0.05) is 6.08 Å². The highest BCUT2D eigenvalue weighted by atomic mass is 35.9. The van der Waals surface area contributed by atoms with Crippen molar-refractivity contribution in [1.82, 2.24) is 0 Å². The van der Waals surface area contributed by atoms with Crippen LogP contribution in [0.25, 0.3) is 0 Å². The van der Waals surface area contributed by atoms with E-state index in [1.807, 2.05) is 0 Å². The van der Waals surface area contributed by atoms with Crippen molar-refractivity contribution in [2.24, 2.45) is 0 Å². The predicted octanol–water partition coefficient (Wildman–Crippen LogP) is 2.12. The second-order valence-corrected chi connectivity index (χ2v) is 5.78. The molecule has 0 aliphatic carbocycles. The number of halogens is 2. The van der Waals surface area contributed by atoms with Gasteiger partial charge in [0.2, 0.25) is 0 Å². The maximum atomic E-state index is 9.30. The van der Waals surface area contributed by atoms with Crippen LogP contribution in [0, 0.1) is 12.3 Å². The van der Waals surface area contributed by atoms with E-state index in [1.54, 1.807) is 0 Å². The van der Waals surface area contributed by atoms with Crippen molar-refractivity contribution < 1.29 is 14.6 Å². The van der Waals surface area contributed by atoms with E-state index in [-0.39, 0.29) is 0 Å². The molecule has 6 heteroatoms. The van der Waals surface area contributed by atoms with E-state index in [2.05, 4.69) is 35.0 Å². The third-order valence-corrected chi connectivity index (χ3v) is 0.599. The second-order valence-electron chi connectivity index (χ2n) is 1.65. The zero-order valence-electron chi connectivity index (χ0n) is 6.15. The van der Waals surface area contributed by atoms with Gasteiger partial charge < -0.3 is 10.00 Å². The zero-order chi connectivity index (χ0) is 10.2. The van der Waals surface area contributed by atoms with E-state index < -0.39 is 12.2 Å². The minimum Gasteiger partial charge on any atom is -0.388 e. The summed E-state index contributed by atoms with van der Waals surface area (Å²) < 4.78 is 9.30. The molecule has 0 radical (unpaired) electrons. The molecule has 0 aliphatic heterocycles. The molecule has 70 valence electrons. The molecular formula is C6H9Cl2O3P. The van der Waals surface area contributed by atoms with E-state index in [1.165, 1.54) is 6.08 Å². The molecule has 0 bridgehead atoms. The third-order valence-electron chi connectivity index (χ3n) is 0.599. The van der Waals surface area contributed by atoms with Gasteiger partial charge in [-0.05, 0) is 22.5 Å². The van der Waals surface area contributed by atoms with E-state index in [0.29, 0.717) is 6.42 Å². The van der Waals surface area contributed by atoms with Crippen LogP contribution in [0.15, 0.2) is 12.7 Å². The number of hydrogen-bond donors (Lipinski definition) is 2. The zero-order valence-corrected chi connectivity index (χ0v) is 8.56. The lowest BCUT2D eigenvalue weighted by molar-refractivity contribution is 0.230. The number of aliphatic hydroxyl groups excluding tert-OH is 1. The van der Waals surface area contributed by atoms with Crippen molar-refractivity contribution >= 4 is 28.6 Å². The Kier molecular flexibility index (Phi) is 9.30. The van der Waals surface area contributed by atoms with Gasteiger partial charge >= 0.3 is 6.07 Å². The largest absolute Gasteiger partial charge is 0.388 e. The molecule has 0 rings (SSSR count). The minimum atomic E-state index is -3.69. The highest BCUT2D eigenvalue weighted by Gasteiger charge is 2.02. The van der Waals surface area contributed by atoms with Crippen LogP contribution in [0.4, 0.5) is 0 Å². The quantitative estimate of drug-likeness (QED) is 0.434. The molecule has 0 aromatic rings. The lowest BCUT2D eigenvalue weighted by atomic mass is 10.3. The summed E-state index contributed by atoms with van der Waals surface area (Å²) in [4.78, 5) is 7.61. The smallest absolute Gasteiger partial charge is 0.377 e. The predicted molar refractivity (Wildman–Crippen MR) is 51.2 cm³/mol. The first kappa shape index (κ1) is 14.5. The minimum absolute atomic E-state index is 0.365. The van der Waals surface area contributed by atoms with E-state index >= 15 is 0 Å². The molecule has 0 saturated carbocycles. The molecule has 0 amide bonds. The highest BCUT2D eigenvalue weighted by Crippen LogP contribution is 2.51. The number of aliphatic hydroxyl groups is 1. The molecule has 0 spiro atoms. The first-order chi connectivity index (χ1) is 5.31. The van der Waals surface area contributed by atoms with Gasteiger partial charge in [0.25, 0.3) is 0 Å². The summed E-state index contributed by atoms with van der Waals surface area (Å²) in [5.41, 5.74) is 0. The maximum Gasteiger partial charge on any atom is 0.377 e. The lowest BCUT2D eigenvalue weighted by Crippen LogP contribution is -1.97. The Balaban J connectivity index is 0. The maximum absolute atomic E-state index is 9.30. The monoisotopic (exact) mass is 230 g/mol. The van der Waals surface area contributed by atoms with E-state index in [0.717, 1.165) is 0 Å². The average Bonchev–Trinajstić information content (AvgIpc) is 1.85. The molecule has 0 aliphatic rings. The molecule has 0 aromatic heterocycles. The normalized spacial score (nSPS) is 11.9. The summed E-state index contributed by atoms with van der Waals surface area (Å²) in [6, 6.07) is 0.